The number of carbonyl (C=O) groups excluding carboxylic acids is 1. The highest BCUT2D eigenvalue weighted by molar-refractivity contribution is 9.10. The van der Waals surface area contributed by atoms with Gasteiger partial charge in [-0.15, -0.1) is 4.83 Å². The molecule has 0 aliphatic carbocycles. The summed E-state index contributed by atoms with van der Waals surface area (Å²) in [6, 6.07) is 3.93. The first kappa shape index (κ1) is 15.6. The lowest BCUT2D eigenvalue weighted by atomic mass is 10.3. The Morgan fingerprint density at radius 2 is 2.00 bits per heavy atom. The quantitative estimate of drug-likeness (QED) is 0.793. The van der Waals surface area contributed by atoms with Gasteiger partial charge in [-0.25, -0.2) is 17.2 Å². The molecule has 112 valence electrons. The predicted molar refractivity (Wildman–Crippen MR) is 70.6 cm³/mol. The van der Waals surface area contributed by atoms with Crippen molar-refractivity contribution in [1.82, 2.24) is 10.3 Å². The van der Waals surface area contributed by atoms with E-state index in [2.05, 4.69) is 15.9 Å². The van der Waals surface area contributed by atoms with E-state index in [0.29, 0.717) is 6.07 Å². The van der Waals surface area contributed by atoms with Crippen LogP contribution >= 0.6 is 15.9 Å². The number of sulfonamides is 1. The number of furan rings is 1. The summed E-state index contributed by atoms with van der Waals surface area (Å²) in [5.41, 5.74) is 1.84. The normalized spacial score (nSPS) is 11.4. The largest absolute Gasteiger partial charge is 0.459 e. The third kappa shape index (κ3) is 3.46. The van der Waals surface area contributed by atoms with Gasteiger partial charge in [-0.05, 0) is 34.1 Å². The van der Waals surface area contributed by atoms with Crippen LogP contribution in [0.5, 0.6) is 0 Å². The molecule has 0 aliphatic rings. The van der Waals surface area contributed by atoms with Crippen LogP contribution < -0.4 is 10.3 Å². The van der Waals surface area contributed by atoms with E-state index >= 15 is 0 Å². The predicted octanol–water partition coefficient (Wildman–Crippen LogP) is 1.94. The summed E-state index contributed by atoms with van der Waals surface area (Å²) in [6.45, 7) is 0. The molecule has 6 nitrogen and oxygen atoms in total. The topological polar surface area (TPSA) is 88.4 Å². The zero-order chi connectivity index (χ0) is 15.6. The zero-order valence-electron chi connectivity index (χ0n) is 10.1. The third-order valence-electron chi connectivity index (χ3n) is 2.28. The molecule has 0 radical (unpaired) electrons. The van der Waals surface area contributed by atoms with Gasteiger partial charge in [-0.2, -0.15) is 0 Å². The molecule has 0 atom stereocenters. The molecule has 1 heterocycles. The van der Waals surface area contributed by atoms with Crippen LogP contribution in [0, 0.1) is 11.6 Å². The smallest absolute Gasteiger partial charge is 0.301 e. The number of hydrazine groups is 1. The monoisotopic (exact) mass is 380 g/mol. The fourth-order valence-electron chi connectivity index (χ4n) is 1.42. The molecule has 2 aromatic rings. The number of nitrogens with one attached hydrogen (secondary N) is 2. The summed E-state index contributed by atoms with van der Waals surface area (Å²) < 4.78 is 54.8. The molecule has 21 heavy (non-hydrogen) atoms. The second-order valence-corrected chi connectivity index (χ2v) is 6.21. The number of hydrogen-bond acceptors (Lipinski definition) is 4. The zero-order valence-corrected chi connectivity index (χ0v) is 12.5. The highest BCUT2D eigenvalue weighted by Gasteiger charge is 2.24. The van der Waals surface area contributed by atoms with Crippen LogP contribution in [0.3, 0.4) is 0 Å². The van der Waals surface area contributed by atoms with Crippen LogP contribution in [0.2, 0.25) is 0 Å². The Kier molecular flexibility index (Phi) is 4.40. The van der Waals surface area contributed by atoms with Crippen molar-refractivity contribution in [1.29, 1.82) is 0 Å². The first-order valence-electron chi connectivity index (χ1n) is 5.31. The maximum atomic E-state index is 13.6. The van der Waals surface area contributed by atoms with Crippen molar-refractivity contribution in [2.75, 3.05) is 0 Å². The maximum Gasteiger partial charge on any atom is 0.301 e. The average molecular weight is 381 g/mol. The maximum absolute atomic E-state index is 13.6. The van der Waals surface area contributed by atoms with Crippen LogP contribution in [-0.2, 0) is 10.0 Å². The average Bonchev–Trinajstić information content (AvgIpc) is 2.88. The Labute approximate surface area is 126 Å². The minimum Gasteiger partial charge on any atom is -0.459 e. The van der Waals surface area contributed by atoms with E-state index in [9.17, 15) is 22.0 Å². The molecule has 10 heteroatoms. The Bertz CT molecular complexity index is 755. The SMILES string of the molecule is O=C(NNS(=O)(=O)c1c(F)cc(F)cc1Br)c1ccco1. The summed E-state index contributed by atoms with van der Waals surface area (Å²) >= 11 is 2.75. The van der Waals surface area contributed by atoms with Gasteiger partial charge in [0, 0.05) is 10.5 Å². The molecule has 2 N–H and O–H groups in total. The Morgan fingerprint density at radius 3 is 2.57 bits per heavy atom. The van der Waals surface area contributed by atoms with Gasteiger partial charge >= 0.3 is 5.91 Å². The van der Waals surface area contributed by atoms with E-state index in [1.54, 1.807) is 4.83 Å². The van der Waals surface area contributed by atoms with Gasteiger partial charge in [-0.3, -0.25) is 10.2 Å². The number of benzene rings is 1. The van der Waals surface area contributed by atoms with Gasteiger partial charge in [0.1, 0.15) is 16.5 Å². The van der Waals surface area contributed by atoms with Crippen molar-refractivity contribution in [2.24, 2.45) is 0 Å². The minimum atomic E-state index is -4.44. The van der Waals surface area contributed by atoms with E-state index in [0.717, 1.165) is 6.07 Å². The second kappa shape index (κ2) is 5.92. The molecular weight excluding hydrogens is 374 g/mol. The molecule has 0 saturated carbocycles. The molecule has 0 unspecified atom stereocenters. The van der Waals surface area contributed by atoms with Crippen molar-refractivity contribution in [2.45, 2.75) is 4.90 Å². The summed E-state index contributed by atoms with van der Waals surface area (Å²) in [4.78, 5) is 12.4. The molecule has 0 aliphatic heterocycles. The van der Waals surface area contributed by atoms with Crippen molar-refractivity contribution < 1.29 is 26.4 Å². The fraction of sp³-hybridized carbons (Fsp3) is 0. The van der Waals surface area contributed by atoms with Crippen LogP contribution in [0.4, 0.5) is 8.78 Å². The van der Waals surface area contributed by atoms with E-state index < -0.39 is 32.5 Å². The molecule has 1 aromatic heterocycles. The Balaban J connectivity index is 2.22. The number of hydrogen-bond donors (Lipinski definition) is 2. The minimum absolute atomic E-state index is 0.142. The van der Waals surface area contributed by atoms with Crippen molar-refractivity contribution in [3.63, 3.8) is 0 Å². The molecule has 2 rings (SSSR count). The van der Waals surface area contributed by atoms with Gasteiger partial charge in [0.15, 0.2) is 5.76 Å². The molecule has 0 saturated heterocycles. The van der Waals surface area contributed by atoms with Crippen molar-refractivity contribution in [3.05, 3.63) is 52.4 Å². The molecule has 1 aromatic carbocycles. The third-order valence-corrected chi connectivity index (χ3v) is 4.49. The lowest BCUT2D eigenvalue weighted by molar-refractivity contribution is 0.0917. The van der Waals surface area contributed by atoms with Crippen molar-refractivity contribution >= 4 is 31.9 Å². The number of halogens is 3. The standard InChI is InChI=1S/C11H7BrF2N2O4S/c12-7-4-6(13)5-8(14)10(7)21(18,19)16-15-11(17)9-2-1-3-20-9/h1-5,16H,(H,15,17). The van der Waals surface area contributed by atoms with Gasteiger partial charge in [0.05, 0.1) is 6.26 Å². The molecule has 0 spiro atoms. The van der Waals surface area contributed by atoms with Crippen LogP contribution in [0.15, 0.2) is 44.3 Å². The fourth-order valence-corrected chi connectivity index (χ4v) is 3.43. The summed E-state index contributed by atoms with van der Waals surface area (Å²) in [6.07, 6.45) is 1.22. The van der Waals surface area contributed by atoms with Gasteiger partial charge in [-0.1, -0.05) is 0 Å². The molecule has 0 bridgehead atoms. The highest BCUT2D eigenvalue weighted by atomic mass is 79.9. The van der Waals surface area contributed by atoms with Crippen LogP contribution in [0.25, 0.3) is 0 Å². The first-order valence-corrected chi connectivity index (χ1v) is 7.59. The van der Waals surface area contributed by atoms with E-state index in [-0.39, 0.29) is 10.2 Å². The lowest BCUT2D eigenvalue weighted by Crippen LogP contribution is -2.41. The van der Waals surface area contributed by atoms with Crippen LogP contribution in [-0.4, -0.2) is 14.3 Å². The number of carbonyl (C=O) groups is 1. The van der Waals surface area contributed by atoms with E-state index in [1.807, 2.05) is 5.43 Å². The Morgan fingerprint density at radius 1 is 1.29 bits per heavy atom. The summed E-state index contributed by atoms with van der Waals surface area (Å²) in [5, 5.41) is 0. The van der Waals surface area contributed by atoms with Gasteiger partial charge in [0.2, 0.25) is 0 Å². The molecule has 1 amide bonds. The highest BCUT2D eigenvalue weighted by Crippen LogP contribution is 2.25. The van der Waals surface area contributed by atoms with E-state index in [1.165, 1.54) is 18.4 Å². The summed E-state index contributed by atoms with van der Waals surface area (Å²) in [7, 11) is -4.44. The lowest BCUT2D eigenvalue weighted by Gasteiger charge is -2.10. The van der Waals surface area contributed by atoms with Gasteiger partial charge in [0.25, 0.3) is 10.0 Å². The number of amides is 1. The molecule has 0 fully saturated rings. The van der Waals surface area contributed by atoms with Crippen LogP contribution in [0.1, 0.15) is 10.6 Å². The summed E-state index contributed by atoms with van der Waals surface area (Å²) in [5.74, 6) is -3.27. The second-order valence-electron chi connectivity index (χ2n) is 3.74. The molecular formula is C11H7BrF2N2O4S. The van der Waals surface area contributed by atoms with E-state index in [4.69, 9.17) is 4.42 Å². The number of rotatable bonds is 4. The Hall–Kier alpha value is -1.78. The van der Waals surface area contributed by atoms with Crippen molar-refractivity contribution in [3.8, 4) is 0 Å². The van der Waals surface area contributed by atoms with Gasteiger partial charge < -0.3 is 4.42 Å². The first-order chi connectivity index (χ1) is 9.81.